The predicted molar refractivity (Wildman–Crippen MR) is 99.6 cm³/mol. The van der Waals surface area contributed by atoms with Crippen molar-refractivity contribution in [2.45, 2.75) is 37.7 Å². The number of aryl methyl sites for hydroxylation is 1. The molecule has 1 aliphatic heterocycles. The van der Waals surface area contributed by atoms with E-state index in [0.29, 0.717) is 18.2 Å². The van der Waals surface area contributed by atoms with Crippen molar-refractivity contribution in [2.75, 3.05) is 19.0 Å². The number of methoxy groups -OCH3 is 1. The van der Waals surface area contributed by atoms with Gasteiger partial charge in [0.05, 0.1) is 24.2 Å². The first-order chi connectivity index (χ1) is 12.0. The fourth-order valence-electron chi connectivity index (χ4n) is 2.83. The topological polar surface area (TPSA) is 76.2 Å². The number of hydrogen-bond donors (Lipinski definition) is 2. The van der Waals surface area contributed by atoms with Crippen LogP contribution in [0.5, 0.6) is 11.5 Å². The molecule has 2 unspecified atom stereocenters. The monoisotopic (exact) mass is 361 g/mol. The fraction of sp³-hybridized carbons (Fsp3) is 0.444. The normalized spacial score (nSPS) is 19.8. The molecule has 1 amide bonds. The van der Waals surface area contributed by atoms with E-state index in [-0.39, 0.29) is 16.4 Å². The molecule has 0 saturated heterocycles. The van der Waals surface area contributed by atoms with Gasteiger partial charge in [-0.1, -0.05) is 13.0 Å². The van der Waals surface area contributed by atoms with E-state index in [0.717, 1.165) is 29.0 Å². The lowest BCUT2D eigenvalue weighted by molar-refractivity contribution is -0.115. The van der Waals surface area contributed by atoms with Crippen molar-refractivity contribution in [3.63, 3.8) is 0 Å². The first-order valence-corrected chi connectivity index (χ1v) is 9.31. The van der Waals surface area contributed by atoms with Crippen molar-refractivity contribution in [1.82, 2.24) is 10.2 Å². The minimum Gasteiger partial charge on any atom is -0.493 e. The molecule has 0 spiro atoms. The molecule has 0 fully saturated rings. The standard InChI is InChI=1S/C18H23N3O3S/c1-5-8-24-13-7-6-12(9-14(13)23-4)16-15-10(2)20-21-17(15)19-18(22)11(3)25-16/h6-7,9,11,16H,5,8H2,1-4H3,(H2,19,20,21,22). The number of carbonyl (C=O) groups excluding carboxylic acids is 1. The van der Waals surface area contributed by atoms with Gasteiger partial charge >= 0.3 is 0 Å². The van der Waals surface area contributed by atoms with Gasteiger partial charge in [0.15, 0.2) is 17.3 Å². The van der Waals surface area contributed by atoms with Crippen molar-refractivity contribution in [2.24, 2.45) is 0 Å². The molecule has 0 bridgehead atoms. The number of aromatic nitrogens is 2. The van der Waals surface area contributed by atoms with Crippen LogP contribution in [-0.4, -0.2) is 35.1 Å². The maximum atomic E-state index is 12.2. The molecule has 2 aromatic rings. The van der Waals surface area contributed by atoms with Crippen molar-refractivity contribution < 1.29 is 14.3 Å². The van der Waals surface area contributed by atoms with Gasteiger partial charge < -0.3 is 14.8 Å². The van der Waals surface area contributed by atoms with Crippen LogP contribution in [0.4, 0.5) is 5.82 Å². The molecule has 1 aromatic heterocycles. The largest absolute Gasteiger partial charge is 0.493 e. The number of nitrogens with one attached hydrogen (secondary N) is 2. The zero-order valence-electron chi connectivity index (χ0n) is 14.9. The van der Waals surface area contributed by atoms with Crippen molar-refractivity contribution >= 4 is 23.5 Å². The number of hydrogen-bond acceptors (Lipinski definition) is 5. The highest BCUT2D eigenvalue weighted by Crippen LogP contribution is 2.46. The van der Waals surface area contributed by atoms with Crippen molar-refractivity contribution in [3.8, 4) is 11.5 Å². The average Bonchev–Trinajstić information content (AvgIpc) is 2.91. The van der Waals surface area contributed by atoms with Gasteiger partial charge in [0.2, 0.25) is 5.91 Å². The lowest BCUT2D eigenvalue weighted by atomic mass is 10.0. The number of thioether (sulfide) groups is 1. The quantitative estimate of drug-likeness (QED) is 0.850. The summed E-state index contributed by atoms with van der Waals surface area (Å²) in [5, 5.41) is 9.93. The fourth-order valence-corrected chi connectivity index (χ4v) is 4.15. The zero-order chi connectivity index (χ0) is 18.0. The molecule has 2 heterocycles. The third-order valence-corrected chi connectivity index (χ3v) is 5.56. The molecule has 134 valence electrons. The van der Waals surface area contributed by atoms with Gasteiger partial charge in [-0.2, -0.15) is 5.10 Å². The first-order valence-electron chi connectivity index (χ1n) is 8.37. The molecular formula is C18H23N3O3S. The number of benzene rings is 1. The average molecular weight is 361 g/mol. The zero-order valence-corrected chi connectivity index (χ0v) is 15.7. The van der Waals surface area contributed by atoms with E-state index in [9.17, 15) is 4.79 Å². The summed E-state index contributed by atoms with van der Waals surface area (Å²) in [6.45, 7) is 6.59. The van der Waals surface area contributed by atoms with Crippen LogP contribution in [0.2, 0.25) is 0 Å². The number of nitrogens with zero attached hydrogens (tertiary/aromatic N) is 1. The first kappa shape index (κ1) is 17.7. The van der Waals surface area contributed by atoms with Gasteiger partial charge in [-0.3, -0.25) is 9.89 Å². The molecule has 2 atom stereocenters. The number of fused-ring (bicyclic) bond motifs is 1. The summed E-state index contributed by atoms with van der Waals surface area (Å²) in [7, 11) is 1.64. The van der Waals surface area contributed by atoms with Crippen LogP contribution in [0, 0.1) is 6.92 Å². The number of carbonyl (C=O) groups is 1. The molecule has 0 aliphatic carbocycles. The minimum atomic E-state index is -0.180. The maximum Gasteiger partial charge on any atom is 0.238 e. The van der Waals surface area contributed by atoms with Crippen LogP contribution in [0.3, 0.4) is 0 Å². The van der Waals surface area contributed by atoms with E-state index in [1.165, 1.54) is 0 Å². The smallest absolute Gasteiger partial charge is 0.238 e. The van der Waals surface area contributed by atoms with E-state index in [2.05, 4.69) is 22.4 Å². The third kappa shape index (κ3) is 3.46. The van der Waals surface area contributed by atoms with Crippen LogP contribution in [0.1, 0.15) is 42.3 Å². The Labute approximate surface area is 151 Å². The molecule has 6 nitrogen and oxygen atoms in total. The Kier molecular flexibility index (Phi) is 5.22. The summed E-state index contributed by atoms with van der Waals surface area (Å²) in [6.07, 6.45) is 0.937. The summed E-state index contributed by atoms with van der Waals surface area (Å²) >= 11 is 1.60. The second-order valence-electron chi connectivity index (χ2n) is 6.02. The summed E-state index contributed by atoms with van der Waals surface area (Å²) in [5.74, 6) is 2.01. The van der Waals surface area contributed by atoms with Gasteiger partial charge in [0.1, 0.15) is 0 Å². The second-order valence-corrected chi connectivity index (χ2v) is 7.47. The third-order valence-electron chi connectivity index (χ3n) is 4.16. The second kappa shape index (κ2) is 7.39. The Balaban J connectivity index is 2.02. The highest BCUT2D eigenvalue weighted by atomic mass is 32.2. The van der Waals surface area contributed by atoms with Gasteiger partial charge in [-0.15, -0.1) is 11.8 Å². The van der Waals surface area contributed by atoms with Crippen LogP contribution >= 0.6 is 11.8 Å². The summed E-state index contributed by atoms with van der Waals surface area (Å²) in [6, 6.07) is 5.95. The number of amides is 1. The van der Waals surface area contributed by atoms with E-state index < -0.39 is 0 Å². The van der Waals surface area contributed by atoms with Crippen LogP contribution in [-0.2, 0) is 4.79 Å². The molecule has 3 rings (SSSR count). The molecule has 7 heteroatoms. The number of aromatic amines is 1. The summed E-state index contributed by atoms with van der Waals surface area (Å²) in [4.78, 5) is 12.2. The van der Waals surface area contributed by atoms with Gasteiger partial charge in [0, 0.05) is 11.3 Å². The Morgan fingerprint density at radius 2 is 2.12 bits per heavy atom. The number of ether oxygens (including phenoxy) is 2. The van der Waals surface area contributed by atoms with E-state index in [1.807, 2.05) is 32.0 Å². The molecule has 2 N–H and O–H groups in total. The predicted octanol–water partition coefficient (Wildman–Crippen LogP) is 3.68. The van der Waals surface area contributed by atoms with Crippen molar-refractivity contribution in [1.29, 1.82) is 0 Å². The number of H-pyrrole nitrogens is 1. The van der Waals surface area contributed by atoms with E-state index in [4.69, 9.17) is 9.47 Å². The molecule has 1 aromatic carbocycles. The van der Waals surface area contributed by atoms with Gasteiger partial charge in [0.25, 0.3) is 0 Å². The lowest BCUT2D eigenvalue weighted by Gasteiger charge is -2.19. The number of rotatable bonds is 5. The van der Waals surface area contributed by atoms with E-state index >= 15 is 0 Å². The van der Waals surface area contributed by atoms with Crippen LogP contribution in [0.15, 0.2) is 18.2 Å². The van der Waals surface area contributed by atoms with Crippen LogP contribution in [0.25, 0.3) is 0 Å². The Bertz CT molecular complexity index is 775. The molecule has 0 saturated carbocycles. The van der Waals surface area contributed by atoms with Gasteiger partial charge in [-0.05, 0) is 38.0 Å². The van der Waals surface area contributed by atoms with Gasteiger partial charge in [-0.25, -0.2) is 0 Å². The summed E-state index contributed by atoms with van der Waals surface area (Å²) < 4.78 is 11.3. The Morgan fingerprint density at radius 3 is 2.84 bits per heavy atom. The Morgan fingerprint density at radius 1 is 1.32 bits per heavy atom. The molecule has 25 heavy (non-hydrogen) atoms. The Hall–Kier alpha value is -2.15. The van der Waals surface area contributed by atoms with Crippen LogP contribution < -0.4 is 14.8 Å². The molecule has 1 aliphatic rings. The SMILES string of the molecule is CCCOc1ccc(C2SC(C)C(=O)Nc3n[nH]c(C)c32)cc1OC. The highest BCUT2D eigenvalue weighted by molar-refractivity contribution is 8.01. The number of anilines is 1. The summed E-state index contributed by atoms with van der Waals surface area (Å²) in [5.41, 5.74) is 3.01. The highest BCUT2D eigenvalue weighted by Gasteiger charge is 2.32. The minimum absolute atomic E-state index is 0.0168. The molecule has 0 radical (unpaired) electrons. The molecular weight excluding hydrogens is 338 g/mol. The van der Waals surface area contributed by atoms with Crippen molar-refractivity contribution in [3.05, 3.63) is 35.0 Å². The van der Waals surface area contributed by atoms with E-state index in [1.54, 1.807) is 18.9 Å². The maximum absolute atomic E-state index is 12.2. The lowest BCUT2D eigenvalue weighted by Crippen LogP contribution is -2.21.